The van der Waals surface area contributed by atoms with Gasteiger partial charge in [-0.15, -0.1) is 0 Å². The lowest BCUT2D eigenvalue weighted by molar-refractivity contribution is 0.276. The number of halogens is 2. The zero-order valence-electron chi connectivity index (χ0n) is 13.0. The van der Waals surface area contributed by atoms with Gasteiger partial charge in [0.2, 0.25) is 0 Å². The molecule has 21 heavy (non-hydrogen) atoms. The Kier molecular flexibility index (Phi) is 6.00. The van der Waals surface area contributed by atoms with E-state index in [-0.39, 0.29) is 0 Å². The SMILES string of the molecule is CCCNc1nc(NC2CCC(C)CC2C)c(Cl)cc1Cl. The maximum atomic E-state index is 6.29. The molecule has 0 saturated heterocycles. The molecule has 3 atom stereocenters. The number of rotatable bonds is 5. The Balaban J connectivity index is 2.11. The summed E-state index contributed by atoms with van der Waals surface area (Å²) in [6.07, 6.45) is 4.71. The van der Waals surface area contributed by atoms with Crippen molar-refractivity contribution in [3.8, 4) is 0 Å². The van der Waals surface area contributed by atoms with Crippen LogP contribution in [0.2, 0.25) is 10.0 Å². The van der Waals surface area contributed by atoms with Crippen molar-refractivity contribution in [1.82, 2.24) is 4.98 Å². The Labute approximate surface area is 137 Å². The summed E-state index contributed by atoms with van der Waals surface area (Å²) in [5.74, 6) is 2.90. The molecule has 3 unspecified atom stereocenters. The highest BCUT2D eigenvalue weighted by molar-refractivity contribution is 6.37. The number of nitrogens with zero attached hydrogens (tertiary/aromatic N) is 1. The fourth-order valence-corrected chi connectivity index (χ4v) is 3.47. The monoisotopic (exact) mass is 329 g/mol. The normalized spacial score (nSPS) is 25.7. The van der Waals surface area contributed by atoms with E-state index in [1.807, 2.05) is 0 Å². The predicted molar refractivity (Wildman–Crippen MR) is 92.6 cm³/mol. The smallest absolute Gasteiger partial charge is 0.147 e. The summed E-state index contributed by atoms with van der Waals surface area (Å²) in [4.78, 5) is 4.57. The quantitative estimate of drug-likeness (QED) is 0.754. The van der Waals surface area contributed by atoms with E-state index in [2.05, 4.69) is 36.4 Å². The van der Waals surface area contributed by atoms with E-state index in [1.54, 1.807) is 6.07 Å². The van der Waals surface area contributed by atoms with Gasteiger partial charge in [0.25, 0.3) is 0 Å². The highest BCUT2D eigenvalue weighted by Gasteiger charge is 2.26. The molecule has 1 fully saturated rings. The number of pyridine rings is 1. The van der Waals surface area contributed by atoms with E-state index in [4.69, 9.17) is 23.2 Å². The molecule has 5 heteroatoms. The van der Waals surface area contributed by atoms with Gasteiger partial charge < -0.3 is 10.6 Å². The van der Waals surface area contributed by atoms with Gasteiger partial charge in [-0.3, -0.25) is 0 Å². The molecule has 3 nitrogen and oxygen atoms in total. The first-order chi connectivity index (χ1) is 10.0. The second kappa shape index (κ2) is 7.55. The first-order valence-corrected chi connectivity index (χ1v) is 8.63. The number of hydrogen-bond acceptors (Lipinski definition) is 3. The first-order valence-electron chi connectivity index (χ1n) is 7.87. The van der Waals surface area contributed by atoms with Crippen molar-refractivity contribution in [2.45, 2.75) is 52.5 Å². The maximum absolute atomic E-state index is 6.29. The minimum absolute atomic E-state index is 0.436. The van der Waals surface area contributed by atoms with E-state index in [9.17, 15) is 0 Å². The lowest BCUT2D eigenvalue weighted by atomic mass is 9.80. The van der Waals surface area contributed by atoms with Gasteiger partial charge in [-0.05, 0) is 43.6 Å². The van der Waals surface area contributed by atoms with Gasteiger partial charge in [0.15, 0.2) is 0 Å². The minimum atomic E-state index is 0.436. The molecule has 0 aliphatic heterocycles. The summed E-state index contributed by atoms with van der Waals surface area (Å²) in [6, 6.07) is 2.21. The first kappa shape index (κ1) is 16.7. The Bertz CT molecular complexity index is 479. The third-order valence-electron chi connectivity index (χ3n) is 4.23. The molecule has 2 N–H and O–H groups in total. The molecule has 1 aromatic heterocycles. The number of aromatic nitrogens is 1. The summed E-state index contributed by atoms with van der Waals surface area (Å²) in [5.41, 5.74) is 0. The highest BCUT2D eigenvalue weighted by atomic mass is 35.5. The Morgan fingerprint density at radius 1 is 1.19 bits per heavy atom. The van der Waals surface area contributed by atoms with Crippen molar-refractivity contribution in [2.24, 2.45) is 11.8 Å². The topological polar surface area (TPSA) is 37.0 Å². The third kappa shape index (κ3) is 4.40. The Morgan fingerprint density at radius 2 is 1.90 bits per heavy atom. The third-order valence-corrected chi connectivity index (χ3v) is 4.80. The van der Waals surface area contributed by atoms with Crippen LogP contribution >= 0.6 is 23.2 Å². The maximum Gasteiger partial charge on any atom is 0.147 e. The highest BCUT2D eigenvalue weighted by Crippen LogP contribution is 2.34. The van der Waals surface area contributed by atoms with Gasteiger partial charge in [0.1, 0.15) is 11.6 Å². The average Bonchev–Trinajstić information content (AvgIpc) is 2.43. The minimum Gasteiger partial charge on any atom is -0.369 e. The van der Waals surface area contributed by atoms with Gasteiger partial charge in [-0.25, -0.2) is 4.98 Å². The molecular weight excluding hydrogens is 305 g/mol. The second-order valence-electron chi connectivity index (χ2n) is 6.22. The standard InChI is InChI=1S/C16H25Cl2N3/c1-4-7-19-15-12(17)9-13(18)16(21-15)20-14-6-5-10(2)8-11(14)3/h9-11,14H,4-8H2,1-3H3,(H2,19,20,21). The van der Waals surface area contributed by atoms with E-state index in [0.717, 1.165) is 24.7 Å². The lowest BCUT2D eigenvalue weighted by Crippen LogP contribution is -2.33. The molecule has 2 rings (SSSR count). The summed E-state index contributed by atoms with van der Waals surface area (Å²) >= 11 is 12.5. The van der Waals surface area contributed by atoms with E-state index in [1.165, 1.54) is 19.3 Å². The fourth-order valence-electron chi connectivity index (χ4n) is 2.99. The van der Waals surface area contributed by atoms with Crippen LogP contribution in [-0.4, -0.2) is 17.6 Å². The van der Waals surface area contributed by atoms with Crippen LogP contribution < -0.4 is 10.6 Å². The molecule has 0 aromatic carbocycles. The summed E-state index contributed by atoms with van der Waals surface area (Å²) < 4.78 is 0. The van der Waals surface area contributed by atoms with Crippen LogP contribution in [0, 0.1) is 11.8 Å². The van der Waals surface area contributed by atoms with E-state index >= 15 is 0 Å². The molecule has 0 spiro atoms. The molecule has 1 aliphatic carbocycles. The van der Waals surface area contributed by atoms with Crippen molar-refractivity contribution in [3.05, 3.63) is 16.1 Å². The van der Waals surface area contributed by atoms with Crippen LogP contribution in [0.1, 0.15) is 46.5 Å². The van der Waals surface area contributed by atoms with Crippen LogP contribution in [0.4, 0.5) is 11.6 Å². The predicted octanol–water partition coefficient (Wildman–Crippen LogP) is 5.45. The van der Waals surface area contributed by atoms with Crippen LogP contribution in [0.3, 0.4) is 0 Å². The van der Waals surface area contributed by atoms with Crippen molar-refractivity contribution in [1.29, 1.82) is 0 Å². The Hall–Kier alpha value is -0.670. The molecule has 0 radical (unpaired) electrons. The van der Waals surface area contributed by atoms with Gasteiger partial charge in [0, 0.05) is 12.6 Å². The molecule has 0 amide bonds. The molecule has 1 saturated carbocycles. The van der Waals surface area contributed by atoms with Crippen molar-refractivity contribution in [3.63, 3.8) is 0 Å². The Morgan fingerprint density at radius 3 is 2.57 bits per heavy atom. The van der Waals surface area contributed by atoms with Crippen LogP contribution in [0.5, 0.6) is 0 Å². The summed E-state index contributed by atoms with van der Waals surface area (Å²) in [5, 5.41) is 7.93. The second-order valence-corrected chi connectivity index (χ2v) is 7.04. The van der Waals surface area contributed by atoms with Crippen LogP contribution in [0.15, 0.2) is 6.07 Å². The van der Waals surface area contributed by atoms with E-state index < -0.39 is 0 Å². The number of anilines is 2. The van der Waals surface area contributed by atoms with Crippen molar-refractivity contribution >= 4 is 34.8 Å². The summed E-state index contributed by atoms with van der Waals surface area (Å²) in [6.45, 7) is 7.59. The molecule has 1 heterocycles. The van der Waals surface area contributed by atoms with Gasteiger partial charge in [0.05, 0.1) is 10.0 Å². The molecular formula is C16H25Cl2N3. The molecule has 1 aromatic rings. The van der Waals surface area contributed by atoms with Gasteiger partial charge >= 0.3 is 0 Å². The average molecular weight is 330 g/mol. The fraction of sp³-hybridized carbons (Fsp3) is 0.688. The molecule has 118 valence electrons. The van der Waals surface area contributed by atoms with Crippen LogP contribution in [0.25, 0.3) is 0 Å². The summed E-state index contributed by atoms with van der Waals surface area (Å²) in [7, 11) is 0. The molecule has 1 aliphatic rings. The van der Waals surface area contributed by atoms with Gasteiger partial charge in [-0.1, -0.05) is 44.0 Å². The lowest BCUT2D eigenvalue weighted by Gasteiger charge is -2.33. The molecule has 0 bridgehead atoms. The number of hydrogen-bond donors (Lipinski definition) is 2. The largest absolute Gasteiger partial charge is 0.369 e. The van der Waals surface area contributed by atoms with Crippen molar-refractivity contribution < 1.29 is 0 Å². The number of nitrogens with one attached hydrogen (secondary N) is 2. The zero-order valence-corrected chi connectivity index (χ0v) is 14.6. The van der Waals surface area contributed by atoms with E-state index in [0.29, 0.717) is 27.8 Å². The van der Waals surface area contributed by atoms with Crippen LogP contribution in [-0.2, 0) is 0 Å². The van der Waals surface area contributed by atoms with Gasteiger partial charge in [-0.2, -0.15) is 0 Å². The van der Waals surface area contributed by atoms with Crippen molar-refractivity contribution in [2.75, 3.05) is 17.2 Å². The zero-order chi connectivity index (χ0) is 15.4.